The second kappa shape index (κ2) is 8.67. The number of halogens is 1. The fourth-order valence-corrected chi connectivity index (χ4v) is 2.75. The first-order chi connectivity index (χ1) is 12.6. The lowest BCUT2D eigenvalue weighted by Crippen LogP contribution is -2.36. The Balaban J connectivity index is 1.48. The maximum atomic E-state index is 12.9. The molecule has 0 radical (unpaired) electrons. The van der Waals surface area contributed by atoms with Crippen LogP contribution >= 0.6 is 0 Å². The minimum atomic E-state index is -0.659. The first-order valence-electron chi connectivity index (χ1n) is 8.73. The lowest BCUT2D eigenvalue weighted by Gasteiger charge is -2.28. The molecule has 1 atom stereocenters. The van der Waals surface area contributed by atoms with Gasteiger partial charge in [0.25, 0.3) is 5.91 Å². The molecule has 2 aromatic rings. The number of carbonyl (C=O) groups excluding carboxylic acids is 1. The summed E-state index contributed by atoms with van der Waals surface area (Å²) < 4.78 is 23.8. The van der Waals surface area contributed by atoms with Crippen LogP contribution < -0.4 is 15.0 Å². The number of nitrogens with one attached hydrogen (secondary N) is 1. The van der Waals surface area contributed by atoms with E-state index in [0.717, 1.165) is 37.6 Å². The van der Waals surface area contributed by atoms with Crippen molar-refractivity contribution >= 4 is 11.6 Å². The molecule has 6 heteroatoms. The number of anilines is 1. The van der Waals surface area contributed by atoms with Crippen molar-refractivity contribution in [2.75, 3.05) is 31.2 Å². The van der Waals surface area contributed by atoms with Gasteiger partial charge in [0.05, 0.1) is 13.2 Å². The van der Waals surface area contributed by atoms with E-state index in [-0.39, 0.29) is 11.7 Å². The smallest absolute Gasteiger partial charge is 0.261 e. The van der Waals surface area contributed by atoms with Gasteiger partial charge in [-0.05, 0) is 48.9 Å². The van der Waals surface area contributed by atoms with Crippen molar-refractivity contribution < 1.29 is 18.7 Å². The van der Waals surface area contributed by atoms with Gasteiger partial charge in [0.15, 0.2) is 6.10 Å². The molecule has 3 rings (SSSR count). The van der Waals surface area contributed by atoms with Gasteiger partial charge < -0.3 is 19.7 Å². The number of morpholine rings is 1. The van der Waals surface area contributed by atoms with Crippen LogP contribution in [-0.2, 0) is 16.1 Å². The van der Waals surface area contributed by atoms with Crippen molar-refractivity contribution in [3.63, 3.8) is 0 Å². The molecule has 1 heterocycles. The van der Waals surface area contributed by atoms with Crippen LogP contribution in [0.1, 0.15) is 12.5 Å². The molecule has 5 nitrogen and oxygen atoms in total. The maximum Gasteiger partial charge on any atom is 0.261 e. The number of hydrogen-bond donors (Lipinski definition) is 1. The Bertz CT molecular complexity index is 713. The summed E-state index contributed by atoms with van der Waals surface area (Å²) in [4.78, 5) is 14.5. The first kappa shape index (κ1) is 18.2. The summed E-state index contributed by atoms with van der Waals surface area (Å²) in [6.07, 6.45) is -0.659. The third kappa shape index (κ3) is 4.95. The number of rotatable bonds is 6. The van der Waals surface area contributed by atoms with E-state index in [2.05, 4.69) is 22.3 Å². The van der Waals surface area contributed by atoms with Crippen LogP contribution in [0.4, 0.5) is 10.1 Å². The molecule has 0 aromatic heterocycles. The van der Waals surface area contributed by atoms with Crippen LogP contribution in [-0.4, -0.2) is 38.3 Å². The molecule has 1 fully saturated rings. The summed E-state index contributed by atoms with van der Waals surface area (Å²) >= 11 is 0. The highest BCUT2D eigenvalue weighted by Crippen LogP contribution is 2.17. The van der Waals surface area contributed by atoms with Gasteiger partial charge in [-0.3, -0.25) is 4.79 Å². The Hall–Kier alpha value is -2.60. The molecular formula is C20H23FN2O3. The Labute approximate surface area is 152 Å². The molecule has 0 saturated carbocycles. The van der Waals surface area contributed by atoms with Crippen molar-refractivity contribution in [1.29, 1.82) is 0 Å². The topological polar surface area (TPSA) is 50.8 Å². The quantitative estimate of drug-likeness (QED) is 0.863. The molecule has 2 aromatic carbocycles. The zero-order valence-electron chi connectivity index (χ0n) is 14.8. The summed E-state index contributed by atoms with van der Waals surface area (Å²) in [5.41, 5.74) is 2.18. The van der Waals surface area contributed by atoms with Crippen molar-refractivity contribution in [1.82, 2.24) is 5.32 Å². The predicted octanol–water partition coefficient (Wildman–Crippen LogP) is 2.75. The van der Waals surface area contributed by atoms with Gasteiger partial charge in [-0.25, -0.2) is 4.39 Å². The van der Waals surface area contributed by atoms with Gasteiger partial charge >= 0.3 is 0 Å². The summed E-state index contributed by atoms with van der Waals surface area (Å²) in [6, 6.07) is 13.8. The minimum Gasteiger partial charge on any atom is -0.481 e. The monoisotopic (exact) mass is 358 g/mol. The number of amides is 1. The molecule has 0 bridgehead atoms. The van der Waals surface area contributed by atoms with E-state index in [4.69, 9.17) is 9.47 Å². The second-order valence-electron chi connectivity index (χ2n) is 6.20. The van der Waals surface area contributed by atoms with Gasteiger partial charge in [0.2, 0.25) is 0 Å². The number of carbonyl (C=O) groups is 1. The lowest BCUT2D eigenvalue weighted by molar-refractivity contribution is -0.127. The van der Waals surface area contributed by atoms with E-state index in [1.807, 2.05) is 12.1 Å². The Morgan fingerprint density at radius 2 is 1.81 bits per heavy atom. The number of nitrogens with zero attached hydrogens (tertiary/aromatic N) is 1. The highest BCUT2D eigenvalue weighted by molar-refractivity contribution is 5.80. The van der Waals surface area contributed by atoms with Crippen LogP contribution in [0.25, 0.3) is 0 Å². The molecule has 26 heavy (non-hydrogen) atoms. The van der Waals surface area contributed by atoms with Crippen LogP contribution in [0.15, 0.2) is 48.5 Å². The fraction of sp³-hybridized carbons (Fsp3) is 0.350. The lowest BCUT2D eigenvalue weighted by atomic mass is 10.2. The van der Waals surface area contributed by atoms with Gasteiger partial charge in [-0.15, -0.1) is 0 Å². The van der Waals surface area contributed by atoms with Crippen LogP contribution in [0, 0.1) is 5.82 Å². The summed E-state index contributed by atoms with van der Waals surface area (Å²) in [7, 11) is 0. The average Bonchev–Trinajstić information content (AvgIpc) is 2.69. The average molecular weight is 358 g/mol. The van der Waals surface area contributed by atoms with Gasteiger partial charge in [0, 0.05) is 25.3 Å². The van der Waals surface area contributed by atoms with E-state index >= 15 is 0 Å². The largest absolute Gasteiger partial charge is 0.481 e. The molecule has 1 aliphatic heterocycles. The van der Waals surface area contributed by atoms with E-state index in [9.17, 15) is 9.18 Å². The molecule has 1 saturated heterocycles. The molecule has 138 valence electrons. The van der Waals surface area contributed by atoms with Crippen LogP contribution in [0.2, 0.25) is 0 Å². The summed E-state index contributed by atoms with van der Waals surface area (Å²) in [5.74, 6) is -0.0922. The molecule has 0 spiro atoms. The molecule has 1 amide bonds. The van der Waals surface area contributed by atoms with Crippen molar-refractivity contribution in [2.45, 2.75) is 19.6 Å². The van der Waals surface area contributed by atoms with Crippen molar-refractivity contribution in [3.8, 4) is 5.75 Å². The Morgan fingerprint density at radius 3 is 2.46 bits per heavy atom. The van der Waals surface area contributed by atoms with Crippen LogP contribution in [0.5, 0.6) is 5.75 Å². The third-order valence-electron chi connectivity index (χ3n) is 4.28. The molecule has 1 N–H and O–H groups in total. The summed E-state index contributed by atoms with van der Waals surface area (Å²) in [5, 5.41) is 2.86. The van der Waals surface area contributed by atoms with Crippen molar-refractivity contribution in [3.05, 3.63) is 59.9 Å². The highest BCUT2D eigenvalue weighted by Gasteiger charge is 2.15. The molecule has 1 aliphatic rings. The maximum absolute atomic E-state index is 12.9. The van der Waals surface area contributed by atoms with Crippen LogP contribution in [0.3, 0.4) is 0 Å². The number of hydrogen-bond acceptors (Lipinski definition) is 4. The zero-order chi connectivity index (χ0) is 18.4. The third-order valence-corrected chi connectivity index (χ3v) is 4.28. The number of benzene rings is 2. The number of ether oxygens (including phenoxy) is 2. The minimum absolute atomic E-state index is 0.216. The van der Waals surface area contributed by atoms with E-state index in [1.54, 1.807) is 6.92 Å². The van der Waals surface area contributed by atoms with Crippen molar-refractivity contribution in [2.24, 2.45) is 0 Å². The Kier molecular flexibility index (Phi) is 6.07. The second-order valence-corrected chi connectivity index (χ2v) is 6.20. The van der Waals surface area contributed by atoms with Gasteiger partial charge in [0.1, 0.15) is 11.6 Å². The molecule has 0 aliphatic carbocycles. The predicted molar refractivity (Wildman–Crippen MR) is 97.8 cm³/mol. The Morgan fingerprint density at radius 1 is 1.15 bits per heavy atom. The zero-order valence-corrected chi connectivity index (χ0v) is 14.8. The highest BCUT2D eigenvalue weighted by atomic mass is 19.1. The first-order valence-corrected chi connectivity index (χ1v) is 8.73. The summed E-state index contributed by atoms with van der Waals surface area (Å²) in [6.45, 7) is 5.40. The normalized spacial score (nSPS) is 15.4. The SMILES string of the molecule is C[C@@H](Oc1ccc(F)cc1)C(=O)NCc1ccc(N2CCOCC2)cc1. The van der Waals surface area contributed by atoms with E-state index in [0.29, 0.717) is 12.3 Å². The molecular weight excluding hydrogens is 335 g/mol. The standard InChI is InChI=1S/C20H23FN2O3/c1-15(26-19-8-4-17(21)5-9-19)20(24)22-14-16-2-6-18(7-3-16)23-10-12-25-13-11-23/h2-9,15H,10-14H2,1H3,(H,22,24)/t15-/m1/s1. The van der Waals surface area contributed by atoms with Gasteiger partial charge in [-0.2, -0.15) is 0 Å². The van der Waals surface area contributed by atoms with E-state index in [1.165, 1.54) is 24.3 Å². The van der Waals surface area contributed by atoms with E-state index < -0.39 is 6.10 Å². The fourth-order valence-electron chi connectivity index (χ4n) is 2.75. The van der Waals surface area contributed by atoms with Gasteiger partial charge in [-0.1, -0.05) is 12.1 Å². The molecule has 0 unspecified atom stereocenters.